The first kappa shape index (κ1) is 18.5. The van der Waals surface area contributed by atoms with E-state index >= 15 is 0 Å². The maximum absolute atomic E-state index is 12.6. The fourth-order valence-electron chi connectivity index (χ4n) is 2.67. The first-order valence-corrected chi connectivity index (χ1v) is 9.60. The standard InChI is InChI=1S/C19H19ClINO3/c1-12-4-7-17(18(9-12)25-11-14-3-2-8-24-14)22-19(23)15-6-5-13(20)10-16(15)21/h4-7,9-10,14H,2-3,8,11H2,1H3,(H,22,23). The molecule has 0 aromatic heterocycles. The normalized spacial score (nSPS) is 16.7. The fraction of sp³-hybridized carbons (Fsp3) is 0.316. The molecule has 0 radical (unpaired) electrons. The number of ether oxygens (including phenoxy) is 2. The molecule has 25 heavy (non-hydrogen) atoms. The summed E-state index contributed by atoms with van der Waals surface area (Å²) in [6.45, 7) is 3.28. The Hall–Kier alpha value is -1.31. The van der Waals surface area contributed by atoms with Crippen molar-refractivity contribution in [1.82, 2.24) is 0 Å². The minimum Gasteiger partial charge on any atom is -0.489 e. The second-order valence-electron chi connectivity index (χ2n) is 6.02. The van der Waals surface area contributed by atoms with Gasteiger partial charge < -0.3 is 14.8 Å². The maximum Gasteiger partial charge on any atom is 0.256 e. The van der Waals surface area contributed by atoms with E-state index in [0.29, 0.717) is 28.6 Å². The van der Waals surface area contributed by atoms with Crippen LogP contribution in [0.4, 0.5) is 5.69 Å². The zero-order valence-electron chi connectivity index (χ0n) is 13.9. The van der Waals surface area contributed by atoms with Crippen molar-refractivity contribution in [3.05, 3.63) is 56.1 Å². The van der Waals surface area contributed by atoms with Gasteiger partial charge in [0.2, 0.25) is 0 Å². The summed E-state index contributed by atoms with van der Waals surface area (Å²) in [6.07, 6.45) is 2.21. The van der Waals surface area contributed by atoms with Crippen LogP contribution in [0.2, 0.25) is 5.02 Å². The molecule has 0 saturated carbocycles. The molecular weight excluding hydrogens is 453 g/mol. The van der Waals surface area contributed by atoms with Gasteiger partial charge in [-0.1, -0.05) is 17.7 Å². The molecule has 2 aromatic carbocycles. The Balaban J connectivity index is 1.75. The largest absolute Gasteiger partial charge is 0.489 e. The van der Waals surface area contributed by atoms with Gasteiger partial charge in [-0.2, -0.15) is 0 Å². The van der Waals surface area contributed by atoms with Gasteiger partial charge in [0.05, 0.1) is 17.4 Å². The number of rotatable bonds is 5. The van der Waals surface area contributed by atoms with Gasteiger partial charge in [0.25, 0.3) is 5.91 Å². The van der Waals surface area contributed by atoms with Crippen LogP contribution < -0.4 is 10.1 Å². The van der Waals surface area contributed by atoms with Crippen LogP contribution in [0.1, 0.15) is 28.8 Å². The molecule has 1 heterocycles. The molecule has 0 spiro atoms. The number of benzene rings is 2. The van der Waals surface area contributed by atoms with Crippen molar-refractivity contribution in [1.29, 1.82) is 0 Å². The summed E-state index contributed by atoms with van der Waals surface area (Å²) in [7, 11) is 0. The number of hydrogen-bond acceptors (Lipinski definition) is 3. The van der Waals surface area contributed by atoms with Crippen molar-refractivity contribution in [2.75, 3.05) is 18.5 Å². The molecule has 3 rings (SSSR count). The van der Waals surface area contributed by atoms with Crippen molar-refractivity contribution >= 4 is 45.8 Å². The lowest BCUT2D eigenvalue weighted by atomic mass is 10.1. The van der Waals surface area contributed by atoms with E-state index in [-0.39, 0.29) is 12.0 Å². The zero-order chi connectivity index (χ0) is 17.8. The molecule has 1 N–H and O–H groups in total. The molecule has 2 aromatic rings. The topological polar surface area (TPSA) is 47.6 Å². The highest BCUT2D eigenvalue weighted by Crippen LogP contribution is 2.28. The predicted octanol–water partition coefficient (Wildman–Crippen LogP) is 5.06. The van der Waals surface area contributed by atoms with E-state index < -0.39 is 0 Å². The quantitative estimate of drug-likeness (QED) is 0.620. The molecule has 1 atom stereocenters. The molecule has 6 heteroatoms. The molecular formula is C19H19ClINO3. The summed E-state index contributed by atoms with van der Waals surface area (Å²) in [5, 5.41) is 3.55. The van der Waals surface area contributed by atoms with Gasteiger partial charge in [0, 0.05) is 15.2 Å². The number of nitrogens with one attached hydrogen (secondary N) is 1. The average molecular weight is 472 g/mol. The number of aryl methyl sites for hydroxylation is 1. The van der Waals surface area contributed by atoms with Gasteiger partial charge in [0.15, 0.2) is 0 Å². The van der Waals surface area contributed by atoms with Crippen LogP contribution in [0.3, 0.4) is 0 Å². The minimum absolute atomic E-state index is 0.126. The number of anilines is 1. The number of carbonyl (C=O) groups excluding carboxylic acids is 1. The maximum atomic E-state index is 12.6. The summed E-state index contributed by atoms with van der Waals surface area (Å²) in [5.41, 5.74) is 2.30. The Labute approximate surface area is 166 Å². The van der Waals surface area contributed by atoms with Crippen molar-refractivity contribution in [3.8, 4) is 5.75 Å². The number of halogens is 2. The smallest absolute Gasteiger partial charge is 0.256 e. The molecule has 1 saturated heterocycles. The van der Waals surface area contributed by atoms with Crippen molar-refractivity contribution in [2.45, 2.75) is 25.9 Å². The van der Waals surface area contributed by atoms with Crippen LogP contribution in [0.5, 0.6) is 5.75 Å². The molecule has 1 aliphatic rings. The highest BCUT2D eigenvalue weighted by Gasteiger charge is 2.18. The molecule has 1 amide bonds. The van der Waals surface area contributed by atoms with Gasteiger partial charge in [-0.25, -0.2) is 0 Å². The predicted molar refractivity (Wildman–Crippen MR) is 108 cm³/mol. The third-order valence-electron chi connectivity index (χ3n) is 4.01. The van der Waals surface area contributed by atoms with Gasteiger partial charge >= 0.3 is 0 Å². The number of carbonyl (C=O) groups is 1. The van der Waals surface area contributed by atoms with Crippen LogP contribution in [-0.4, -0.2) is 25.2 Å². The van der Waals surface area contributed by atoms with E-state index in [1.165, 1.54) is 0 Å². The average Bonchev–Trinajstić information content (AvgIpc) is 3.08. The summed E-state index contributed by atoms with van der Waals surface area (Å²) in [6, 6.07) is 10.9. The van der Waals surface area contributed by atoms with E-state index in [1.807, 2.05) is 25.1 Å². The Morgan fingerprint density at radius 3 is 2.92 bits per heavy atom. The van der Waals surface area contributed by atoms with Gasteiger partial charge in [-0.05, 0) is 78.3 Å². The van der Waals surface area contributed by atoms with E-state index in [1.54, 1.807) is 18.2 Å². The molecule has 0 bridgehead atoms. The summed E-state index contributed by atoms with van der Waals surface area (Å²) >= 11 is 8.07. The monoisotopic (exact) mass is 471 g/mol. The minimum atomic E-state index is -0.188. The molecule has 132 valence electrons. The van der Waals surface area contributed by atoms with Crippen LogP contribution >= 0.6 is 34.2 Å². The Bertz CT molecular complexity index is 775. The SMILES string of the molecule is Cc1ccc(NC(=O)c2ccc(Cl)cc2I)c(OCC2CCCO2)c1. The molecule has 1 aliphatic heterocycles. The molecule has 4 nitrogen and oxygen atoms in total. The van der Waals surface area contributed by atoms with Crippen molar-refractivity contribution in [3.63, 3.8) is 0 Å². The third-order valence-corrected chi connectivity index (χ3v) is 5.14. The lowest BCUT2D eigenvalue weighted by Gasteiger charge is -2.16. The summed E-state index contributed by atoms with van der Waals surface area (Å²) in [5.74, 6) is 0.472. The fourth-order valence-corrected chi connectivity index (χ4v) is 3.79. The molecule has 1 unspecified atom stereocenters. The Morgan fingerprint density at radius 1 is 1.36 bits per heavy atom. The van der Waals surface area contributed by atoms with Gasteiger partial charge in [-0.15, -0.1) is 0 Å². The second-order valence-corrected chi connectivity index (χ2v) is 7.62. The van der Waals surface area contributed by atoms with Crippen molar-refractivity contribution in [2.24, 2.45) is 0 Å². The van der Waals surface area contributed by atoms with Crippen molar-refractivity contribution < 1.29 is 14.3 Å². The number of hydrogen-bond donors (Lipinski definition) is 1. The van der Waals surface area contributed by atoms with E-state index in [4.69, 9.17) is 21.1 Å². The van der Waals surface area contributed by atoms with Crippen LogP contribution in [0, 0.1) is 10.5 Å². The number of amides is 1. The van der Waals surface area contributed by atoms with Gasteiger partial charge in [0.1, 0.15) is 12.4 Å². The van der Waals surface area contributed by atoms with E-state index in [0.717, 1.165) is 28.6 Å². The van der Waals surface area contributed by atoms with E-state index in [2.05, 4.69) is 27.9 Å². The summed E-state index contributed by atoms with van der Waals surface area (Å²) in [4.78, 5) is 12.6. The van der Waals surface area contributed by atoms with E-state index in [9.17, 15) is 4.79 Å². The Kier molecular flexibility index (Phi) is 6.19. The van der Waals surface area contributed by atoms with Crippen LogP contribution in [0.15, 0.2) is 36.4 Å². The lowest BCUT2D eigenvalue weighted by molar-refractivity contribution is 0.0681. The highest BCUT2D eigenvalue weighted by molar-refractivity contribution is 14.1. The highest BCUT2D eigenvalue weighted by atomic mass is 127. The third kappa shape index (κ3) is 4.86. The molecule has 1 fully saturated rings. The Morgan fingerprint density at radius 2 is 2.20 bits per heavy atom. The first-order chi connectivity index (χ1) is 12.0. The zero-order valence-corrected chi connectivity index (χ0v) is 16.8. The molecule has 0 aliphatic carbocycles. The first-order valence-electron chi connectivity index (χ1n) is 8.14. The lowest BCUT2D eigenvalue weighted by Crippen LogP contribution is -2.18. The van der Waals surface area contributed by atoms with Gasteiger partial charge in [-0.3, -0.25) is 4.79 Å². The van der Waals surface area contributed by atoms with Crippen LogP contribution in [0.25, 0.3) is 0 Å². The summed E-state index contributed by atoms with van der Waals surface area (Å²) < 4.78 is 12.3. The van der Waals surface area contributed by atoms with Crippen LogP contribution in [-0.2, 0) is 4.74 Å². The second kappa shape index (κ2) is 8.38.